The fourth-order valence-electron chi connectivity index (χ4n) is 5.94. The molecule has 1 heterocycles. The average molecular weight is 940 g/mol. The van der Waals surface area contributed by atoms with Gasteiger partial charge < -0.3 is 27.0 Å². The number of hydrogen-bond donors (Lipinski definition) is 5. The predicted molar refractivity (Wildman–Crippen MR) is 234 cm³/mol. The number of benzene rings is 4. The highest BCUT2D eigenvalue weighted by Crippen LogP contribution is 2.26. The summed E-state index contributed by atoms with van der Waals surface area (Å²) in [5.74, 6) is -1.27. The first-order valence-corrected chi connectivity index (χ1v) is 22.4. The van der Waals surface area contributed by atoms with Crippen molar-refractivity contribution in [2.75, 3.05) is 22.8 Å². The summed E-state index contributed by atoms with van der Waals surface area (Å²) in [6.07, 6.45) is 1.42. The van der Waals surface area contributed by atoms with E-state index >= 15 is 0 Å². The van der Waals surface area contributed by atoms with Crippen LogP contribution < -0.4 is 31.3 Å². The van der Waals surface area contributed by atoms with Crippen molar-refractivity contribution in [2.24, 2.45) is 0 Å². The Morgan fingerprint density at radius 3 is 1.89 bits per heavy atom. The number of nitrogens with zero attached hydrogens (tertiary/aromatic N) is 2. The summed E-state index contributed by atoms with van der Waals surface area (Å²) in [5.41, 5.74) is 11.7. The number of nitrogens with two attached hydrogens (primary N) is 1. The molecule has 0 spiro atoms. The molecular formula is C41H45Br2N7O5S2. The molecule has 0 fully saturated rings. The second-order valence-electron chi connectivity index (χ2n) is 13.8. The van der Waals surface area contributed by atoms with Crippen LogP contribution in [0.25, 0.3) is 0 Å². The second-order valence-corrected chi connectivity index (χ2v) is 18.2. The van der Waals surface area contributed by atoms with Crippen LogP contribution in [0.5, 0.6) is 0 Å². The van der Waals surface area contributed by atoms with Crippen molar-refractivity contribution in [3.63, 3.8) is 0 Å². The Hall–Kier alpha value is -4.61. The maximum atomic E-state index is 14.2. The van der Waals surface area contributed by atoms with E-state index in [9.17, 15) is 22.8 Å². The van der Waals surface area contributed by atoms with Crippen molar-refractivity contribution < 1.29 is 22.8 Å². The first kappa shape index (κ1) is 43.5. The van der Waals surface area contributed by atoms with E-state index in [1.807, 2.05) is 67.8 Å². The van der Waals surface area contributed by atoms with Crippen molar-refractivity contribution in [3.05, 3.63) is 144 Å². The molecule has 0 bridgehead atoms. The molecule has 4 atom stereocenters. The molecule has 16 heteroatoms. The summed E-state index contributed by atoms with van der Waals surface area (Å²) in [6, 6.07) is 24.6. The zero-order valence-electron chi connectivity index (χ0n) is 31.8. The highest BCUT2D eigenvalue weighted by Gasteiger charge is 2.25. The standard InChI is InChI=1S/C41H45Br2N7O5S2/c1-25(30-9-15-35(44)16-10-30)47-39(51)27(3)45-21-36(20-37-23-56-24-46-37)49-41(53)32-17-31(40(52)48-26(2)29-7-13-34(43)14-8-29)18-38(19-32)50(57(4,54)55)22-28-5-11-33(42)12-6-28/h5-19,23-27,36,45H,20-22,44H2,1-4H3,(H,47,51)(H,48,52)(H,49,53)/t25-,26-,27+,36+/m1/s1. The summed E-state index contributed by atoms with van der Waals surface area (Å²) in [6.45, 7) is 5.62. The molecule has 0 saturated heterocycles. The summed E-state index contributed by atoms with van der Waals surface area (Å²) < 4.78 is 29.6. The van der Waals surface area contributed by atoms with E-state index in [1.54, 1.807) is 36.7 Å². The zero-order chi connectivity index (χ0) is 41.3. The molecule has 0 aliphatic heterocycles. The number of nitrogens with one attached hydrogen (secondary N) is 4. The molecule has 0 aliphatic carbocycles. The molecule has 0 unspecified atom stereocenters. The molecule has 0 aliphatic rings. The van der Waals surface area contributed by atoms with E-state index in [2.05, 4.69) is 58.1 Å². The van der Waals surface area contributed by atoms with E-state index in [1.165, 1.54) is 33.8 Å². The van der Waals surface area contributed by atoms with Gasteiger partial charge in [-0.25, -0.2) is 13.4 Å². The fourth-order valence-corrected chi connectivity index (χ4v) is 7.91. The van der Waals surface area contributed by atoms with Crippen LogP contribution in [-0.2, 0) is 27.8 Å². The van der Waals surface area contributed by atoms with Gasteiger partial charge in [-0.1, -0.05) is 68.3 Å². The van der Waals surface area contributed by atoms with E-state index < -0.39 is 40.0 Å². The van der Waals surface area contributed by atoms with Crippen molar-refractivity contribution in [1.82, 2.24) is 26.3 Å². The average Bonchev–Trinajstić information content (AvgIpc) is 3.69. The number of rotatable bonds is 17. The summed E-state index contributed by atoms with van der Waals surface area (Å²) >= 11 is 8.27. The number of thiazole rings is 1. The monoisotopic (exact) mass is 937 g/mol. The van der Waals surface area contributed by atoms with Crippen LogP contribution in [0.15, 0.2) is 111 Å². The Bertz CT molecular complexity index is 2260. The number of carbonyl (C=O) groups excluding carboxylic acids is 3. The fraction of sp³-hybridized carbons (Fsp3) is 0.268. The van der Waals surface area contributed by atoms with Gasteiger partial charge in [-0.15, -0.1) is 11.3 Å². The topological polar surface area (TPSA) is 176 Å². The molecule has 57 heavy (non-hydrogen) atoms. The highest BCUT2D eigenvalue weighted by molar-refractivity contribution is 9.10. The predicted octanol–water partition coefficient (Wildman–Crippen LogP) is 6.90. The van der Waals surface area contributed by atoms with Gasteiger partial charge in [0.05, 0.1) is 47.8 Å². The van der Waals surface area contributed by atoms with Gasteiger partial charge in [0.2, 0.25) is 15.9 Å². The van der Waals surface area contributed by atoms with Gasteiger partial charge >= 0.3 is 0 Å². The molecule has 5 aromatic rings. The molecular weight excluding hydrogens is 894 g/mol. The number of hydrogen-bond acceptors (Lipinski definition) is 9. The minimum atomic E-state index is -3.90. The third-order valence-corrected chi connectivity index (χ3v) is 12.1. The number of aromatic nitrogens is 1. The van der Waals surface area contributed by atoms with Crippen LogP contribution >= 0.6 is 43.2 Å². The zero-order valence-corrected chi connectivity index (χ0v) is 36.6. The number of amides is 3. The largest absolute Gasteiger partial charge is 0.399 e. The SMILES string of the molecule is C[C@H](NC[C@H](Cc1cscn1)NC(=O)c1cc(C(=O)N[C@H](C)c2ccc(Br)cc2)cc(N(Cc2ccc(Br)cc2)S(C)(=O)=O)c1)C(=O)N[C@H](C)c1ccc(N)cc1. The lowest BCUT2D eigenvalue weighted by Gasteiger charge is -2.25. The van der Waals surface area contributed by atoms with Crippen LogP contribution in [0.4, 0.5) is 11.4 Å². The number of nitrogen functional groups attached to an aromatic ring is 1. The lowest BCUT2D eigenvalue weighted by atomic mass is 10.0. The van der Waals surface area contributed by atoms with E-state index in [0.29, 0.717) is 17.7 Å². The second kappa shape index (κ2) is 19.7. The van der Waals surface area contributed by atoms with Crippen LogP contribution in [-0.4, -0.2) is 56.0 Å². The summed E-state index contributed by atoms with van der Waals surface area (Å²) in [7, 11) is -3.90. The van der Waals surface area contributed by atoms with Gasteiger partial charge in [0, 0.05) is 50.1 Å². The van der Waals surface area contributed by atoms with Gasteiger partial charge in [0.15, 0.2) is 0 Å². The Morgan fingerprint density at radius 1 is 0.789 bits per heavy atom. The lowest BCUT2D eigenvalue weighted by Crippen LogP contribution is -2.50. The smallest absolute Gasteiger partial charge is 0.251 e. The molecule has 5 rings (SSSR count). The Labute approximate surface area is 354 Å². The number of anilines is 2. The van der Waals surface area contributed by atoms with Gasteiger partial charge in [-0.2, -0.15) is 0 Å². The lowest BCUT2D eigenvalue weighted by molar-refractivity contribution is -0.123. The molecule has 4 aromatic carbocycles. The summed E-state index contributed by atoms with van der Waals surface area (Å²) in [5, 5.41) is 14.2. The molecule has 6 N–H and O–H groups in total. The van der Waals surface area contributed by atoms with Gasteiger partial charge in [0.1, 0.15) is 0 Å². The molecule has 300 valence electrons. The quantitative estimate of drug-likeness (QED) is 0.0626. The normalized spacial score (nSPS) is 13.5. The number of halogens is 2. The van der Waals surface area contributed by atoms with Crippen LogP contribution in [0.2, 0.25) is 0 Å². The van der Waals surface area contributed by atoms with Crippen molar-refractivity contribution in [1.29, 1.82) is 0 Å². The maximum Gasteiger partial charge on any atom is 0.251 e. The van der Waals surface area contributed by atoms with Crippen LogP contribution in [0.1, 0.15) is 76.0 Å². The van der Waals surface area contributed by atoms with Crippen LogP contribution in [0, 0.1) is 0 Å². The molecule has 1 aromatic heterocycles. The Morgan fingerprint density at radius 2 is 1.33 bits per heavy atom. The maximum absolute atomic E-state index is 14.2. The highest BCUT2D eigenvalue weighted by atomic mass is 79.9. The van der Waals surface area contributed by atoms with Gasteiger partial charge in [-0.3, -0.25) is 18.7 Å². The van der Waals surface area contributed by atoms with Crippen molar-refractivity contribution in [2.45, 2.75) is 57.9 Å². The minimum absolute atomic E-state index is 0.0409. The first-order valence-electron chi connectivity index (χ1n) is 18.1. The van der Waals surface area contributed by atoms with Gasteiger partial charge in [0.25, 0.3) is 11.8 Å². The van der Waals surface area contributed by atoms with Crippen molar-refractivity contribution in [3.8, 4) is 0 Å². The number of sulfonamides is 1. The first-order chi connectivity index (χ1) is 27.0. The van der Waals surface area contributed by atoms with Crippen LogP contribution in [0.3, 0.4) is 0 Å². The molecule has 0 radical (unpaired) electrons. The third kappa shape index (κ3) is 12.7. The Kier molecular flexibility index (Phi) is 15.0. The van der Waals surface area contributed by atoms with E-state index in [4.69, 9.17) is 5.73 Å². The number of carbonyl (C=O) groups is 3. The van der Waals surface area contributed by atoms with E-state index in [0.717, 1.165) is 32.0 Å². The van der Waals surface area contributed by atoms with Gasteiger partial charge in [-0.05, 0) is 92.1 Å². The molecule has 0 saturated carbocycles. The van der Waals surface area contributed by atoms with Crippen molar-refractivity contribution >= 4 is 82.3 Å². The van der Waals surface area contributed by atoms with E-state index in [-0.39, 0.29) is 41.9 Å². The molecule has 3 amide bonds. The summed E-state index contributed by atoms with van der Waals surface area (Å²) in [4.78, 5) is 45.7. The Balaban J connectivity index is 1.41. The minimum Gasteiger partial charge on any atom is -0.399 e. The third-order valence-electron chi connectivity index (χ3n) is 9.22. The molecule has 12 nitrogen and oxygen atoms in total.